The molecule has 0 aliphatic carbocycles. The molecule has 0 fully saturated rings. The normalized spacial score (nSPS) is 13.6. The molecule has 37 heavy (non-hydrogen) atoms. The number of carbonyl (C=O) groups is 1. The number of benzene rings is 4. The van der Waals surface area contributed by atoms with Crippen molar-refractivity contribution in [1.29, 1.82) is 0 Å². The Hall–Kier alpha value is -3.72. The quantitative estimate of drug-likeness (QED) is 0.284. The Morgan fingerprint density at radius 3 is 1.73 bits per heavy atom. The zero-order valence-electron chi connectivity index (χ0n) is 19.7. The highest BCUT2D eigenvalue weighted by atomic mass is 32.2. The van der Waals surface area contributed by atoms with Crippen molar-refractivity contribution in [2.24, 2.45) is 5.92 Å². The van der Waals surface area contributed by atoms with E-state index in [4.69, 9.17) is 0 Å². The summed E-state index contributed by atoms with van der Waals surface area (Å²) >= 11 is -2.81. The minimum absolute atomic E-state index is 0.00810. The van der Waals surface area contributed by atoms with Gasteiger partial charge in [0.25, 0.3) is 0 Å². The third kappa shape index (κ3) is 7.16. The zero-order valence-corrected chi connectivity index (χ0v) is 20.5. The van der Waals surface area contributed by atoms with Crippen molar-refractivity contribution in [2.45, 2.75) is 18.5 Å². The smallest absolute Gasteiger partial charge is 0.226 e. The molecule has 4 aromatic rings. The fraction of sp³-hybridized carbons (Fsp3) is 0.138. The molecule has 0 aromatic heterocycles. The molecule has 0 bridgehead atoms. The van der Waals surface area contributed by atoms with E-state index < -0.39 is 46.8 Å². The monoisotopic (exact) mass is 519 g/mol. The van der Waals surface area contributed by atoms with Gasteiger partial charge in [-0.15, -0.1) is 0 Å². The van der Waals surface area contributed by atoms with Crippen LogP contribution in [0, 0.1) is 17.6 Å². The van der Waals surface area contributed by atoms with Crippen LogP contribution in [0.15, 0.2) is 109 Å². The second kappa shape index (κ2) is 12.5. The fourth-order valence-electron chi connectivity index (χ4n) is 4.37. The molecule has 1 amide bonds. The summed E-state index contributed by atoms with van der Waals surface area (Å²) in [5, 5.41) is 3.06. The maximum atomic E-state index is 14.1. The van der Waals surface area contributed by atoms with Crippen molar-refractivity contribution in [1.82, 2.24) is 10.0 Å². The third-order valence-corrected chi connectivity index (χ3v) is 6.50. The topological polar surface area (TPSA) is 81.3 Å². The van der Waals surface area contributed by atoms with E-state index in [1.165, 1.54) is 0 Å². The first-order valence-corrected chi connectivity index (χ1v) is 12.7. The predicted octanol–water partition coefficient (Wildman–Crippen LogP) is 5.15. The molecule has 0 saturated heterocycles. The summed E-state index contributed by atoms with van der Waals surface area (Å²) in [6.45, 7) is 0. The van der Waals surface area contributed by atoms with Crippen molar-refractivity contribution in [3.05, 3.63) is 143 Å². The molecule has 8 heteroatoms. The molecule has 0 heterocycles. The van der Waals surface area contributed by atoms with Gasteiger partial charge >= 0.3 is 0 Å². The number of carbonyl (C=O) groups excluding carboxylic acids is 1. The second-order valence-corrected chi connectivity index (χ2v) is 9.30. The Balaban J connectivity index is 1.76. The van der Waals surface area contributed by atoms with E-state index in [-0.39, 0.29) is 12.0 Å². The van der Waals surface area contributed by atoms with Crippen LogP contribution in [0.5, 0.6) is 0 Å². The third-order valence-electron chi connectivity index (χ3n) is 6.06. The predicted molar refractivity (Wildman–Crippen MR) is 138 cm³/mol. The lowest BCUT2D eigenvalue weighted by Crippen LogP contribution is -2.42. The molecule has 0 aliphatic rings. The highest BCUT2D eigenvalue weighted by molar-refractivity contribution is 7.77. The summed E-state index contributed by atoms with van der Waals surface area (Å²) in [5.41, 5.74) is 2.43. The lowest BCUT2D eigenvalue weighted by molar-refractivity contribution is -0.126. The summed E-state index contributed by atoms with van der Waals surface area (Å²) < 4.78 is 54.2. The van der Waals surface area contributed by atoms with Gasteiger partial charge in [-0.1, -0.05) is 91.0 Å². The van der Waals surface area contributed by atoms with E-state index in [2.05, 4.69) is 10.0 Å². The first-order valence-electron chi connectivity index (χ1n) is 11.7. The fourth-order valence-corrected chi connectivity index (χ4v) is 4.88. The standard InChI is InChI=1S/C29H26F2N2O3S/c30-24-17-23(18-25(31)19-24)28(33-37(35)36)26(16-20-10-4-1-5-11-20)29(34)32-27(21-12-6-2-7-13-21)22-14-8-3-9-15-22/h1-15,17-19,26-28,33H,16H2,(H,32,34)(H,35,36)/p-1. The summed E-state index contributed by atoms with van der Waals surface area (Å²) in [4.78, 5) is 13.9. The average Bonchev–Trinajstić information content (AvgIpc) is 2.90. The molecule has 2 N–H and O–H groups in total. The van der Waals surface area contributed by atoms with Crippen molar-refractivity contribution in [3.8, 4) is 0 Å². The molecule has 3 atom stereocenters. The largest absolute Gasteiger partial charge is 0.760 e. The van der Waals surface area contributed by atoms with Gasteiger partial charge < -0.3 is 9.87 Å². The van der Waals surface area contributed by atoms with Crippen LogP contribution < -0.4 is 10.0 Å². The van der Waals surface area contributed by atoms with Gasteiger partial charge in [0, 0.05) is 17.3 Å². The lowest BCUT2D eigenvalue weighted by Gasteiger charge is -2.31. The minimum Gasteiger partial charge on any atom is -0.760 e. The highest BCUT2D eigenvalue weighted by Crippen LogP contribution is 2.30. The highest BCUT2D eigenvalue weighted by Gasteiger charge is 2.32. The number of rotatable bonds is 10. The molecular formula is C29H25F2N2O3S-. The Labute approximate surface area is 217 Å². The molecule has 4 rings (SSSR count). The molecule has 3 unspecified atom stereocenters. The van der Waals surface area contributed by atoms with Crippen LogP contribution in [-0.4, -0.2) is 14.7 Å². The van der Waals surface area contributed by atoms with Crippen LogP contribution >= 0.6 is 0 Å². The van der Waals surface area contributed by atoms with Crippen LogP contribution in [0.2, 0.25) is 0 Å². The van der Waals surface area contributed by atoms with Crippen LogP contribution in [0.25, 0.3) is 0 Å². The van der Waals surface area contributed by atoms with Crippen LogP contribution in [0.1, 0.15) is 34.3 Å². The first kappa shape index (κ1) is 26.3. The SMILES string of the molecule is O=C(NC(c1ccccc1)c1ccccc1)C(Cc1ccccc1)C(NS(=O)[O-])c1cc(F)cc(F)c1. The number of hydrogen-bond donors (Lipinski definition) is 2. The summed E-state index contributed by atoms with van der Waals surface area (Å²) in [7, 11) is 0. The molecule has 0 aliphatic heterocycles. The van der Waals surface area contributed by atoms with E-state index in [9.17, 15) is 22.3 Å². The Morgan fingerprint density at radius 2 is 1.24 bits per heavy atom. The molecule has 4 aromatic carbocycles. The molecule has 0 spiro atoms. The van der Waals surface area contributed by atoms with E-state index in [0.29, 0.717) is 6.07 Å². The second-order valence-electron chi connectivity index (χ2n) is 8.59. The van der Waals surface area contributed by atoms with E-state index in [1.54, 1.807) is 12.1 Å². The van der Waals surface area contributed by atoms with Crippen LogP contribution in [-0.2, 0) is 22.5 Å². The van der Waals surface area contributed by atoms with E-state index in [0.717, 1.165) is 28.8 Å². The van der Waals surface area contributed by atoms with E-state index in [1.807, 2.05) is 78.9 Å². The maximum absolute atomic E-state index is 14.1. The van der Waals surface area contributed by atoms with Gasteiger partial charge in [-0.25, -0.2) is 13.5 Å². The number of hydrogen-bond acceptors (Lipinski definition) is 3. The maximum Gasteiger partial charge on any atom is 0.226 e. The van der Waals surface area contributed by atoms with Gasteiger partial charge in [-0.2, -0.15) is 0 Å². The molecule has 190 valence electrons. The van der Waals surface area contributed by atoms with Crippen molar-refractivity contribution in [3.63, 3.8) is 0 Å². The number of halogens is 2. The van der Waals surface area contributed by atoms with Gasteiger partial charge in [-0.3, -0.25) is 9.00 Å². The molecule has 0 radical (unpaired) electrons. The van der Waals surface area contributed by atoms with Gasteiger partial charge in [0.15, 0.2) is 0 Å². The first-order chi connectivity index (χ1) is 17.9. The summed E-state index contributed by atoms with van der Waals surface area (Å²) in [6.07, 6.45) is 0.121. The average molecular weight is 520 g/mol. The van der Waals surface area contributed by atoms with E-state index >= 15 is 0 Å². The van der Waals surface area contributed by atoms with Crippen LogP contribution in [0.4, 0.5) is 8.78 Å². The number of nitrogens with one attached hydrogen (secondary N) is 2. The number of amides is 1. The lowest BCUT2D eigenvalue weighted by atomic mass is 9.86. The molecule has 0 saturated carbocycles. The minimum atomic E-state index is -2.81. The van der Waals surface area contributed by atoms with Gasteiger partial charge in [0.05, 0.1) is 18.0 Å². The summed E-state index contributed by atoms with van der Waals surface area (Å²) in [5.74, 6) is -3.25. The molecular weight excluding hydrogens is 494 g/mol. The van der Waals surface area contributed by atoms with Crippen molar-refractivity contribution < 1.29 is 22.3 Å². The summed E-state index contributed by atoms with van der Waals surface area (Å²) in [6, 6.07) is 28.8. The Kier molecular flexibility index (Phi) is 8.90. The Bertz CT molecular complexity index is 1280. The van der Waals surface area contributed by atoms with Crippen LogP contribution in [0.3, 0.4) is 0 Å². The van der Waals surface area contributed by atoms with Gasteiger partial charge in [0.2, 0.25) is 5.91 Å². The zero-order chi connectivity index (χ0) is 26.2. The van der Waals surface area contributed by atoms with Crippen molar-refractivity contribution >= 4 is 17.2 Å². The van der Waals surface area contributed by atoms with Crippen molar-refractivity contribution in [2.75, 3.05) is 0 Å². The van der Waals surface area contributed by atoms with Gasteiger partial charge in [0.1, 0.15) is 11.6 Å². The Morgan fingerprint density at radius 1 is 0.757 bits per heavy atom. The molecule has 5 nitrogen and oxygen atoms in total. The van der Waals surface area contributed by atoms with Gasteiger partial charge in [-0.05, 0) is 40.8 Å².